The molecule has 0 spiro atoms. The zero-order valence-corrected chi connectivity index (χ0v) is 16.2. The lowest BCUT2D eigenvalue weighted by atomic mass is 9.87. The molecule has 0 heterocycles. The minimum Gasteiger partial charge on any atom is -0.484 e. The van der Waals surface area contributed by atoms with Crippen LogP contribution in [0.15, 0.2) is 42.5 Å². The van der Waals surface area contributed by atoms with Crippen molar-refractivity contribution in [1.82, 2.24) is 10.9 Å². The Balaban J connectivity index is 1.83. The van der Waals surface area contributed by atoms with Crippen LogP contribution in [-0.4, -0.2) is 18.4 Å². The maximum atomic E-state index is 12.0. The molecule has 0 saturated carbocycles. The van der Waals surface area contributed by atoms with Crippen molar-refractivity contribution in [3.8, 4) is 5.75 Å². The second-order valence-corrected chi connectivity index (χ2v) is 7.53. The number of amides is 2. The maximum Gasteiger partial charge on any atom is 0.276 e. The van der Waals surface area contributed by atoms with Gasteiger partial charge in [-0.1, -0.05) is 56.1 Å². The first kappa shape index (κ1) is 20.1. The van der Waals surface area contributed by atoms with Crippen LogP contribution in [0.3, 0.4) is 0 Å². The quantitative estimate of drug-likeness (QED) is 0.765. The van der Waals surface area contributed by atoms with Gasteiger partial charge in [-0.3, -0.25) is 20.4 Å². The third-order valence-electron chi connectivity index (χ3n) is 3.58. The van der Waals surface area contributed by atoms with Crippen LogP contribution in [-0.2, 0) is 10.2 Å². The van der Waals surface area contributed by atoms with E-state index in [1.54, 1.807) is 18.2 Å². The third-order valence-corrected chi connectivity index (χ3v) is 4.14. The molecule has 0 fully saturated rings. The van der Waals surface area contributed by atoms with Gasteiger partial charge >= 0.3 is 0 Å². The lowest BCUT2D eigenvalue weighted by molar-refractivity contribution is -0.123. The molecule has 0 atom stereocenters. The summed E-state index contributed by atoms with van der Waals surface area (Å²) >= 11 is 11.8. The lowest BCUT2D eigenvalue weighted by Gasteiger charge is -2.19. The largest absolute Gasteiger partial charge is 0.484 e. The van der Waals surface area contributed by atoms with Crippen molar-refractivity contribution in [3.05, 3.63) is 63.6 Å². The van der Waals surface area contributed by atoms with E-state index in [0.29, 0.717) is 10.8 Å². The van der Waals surface area contributed by atoms with Crippen molar-refractivity contribution >= 4 is 35.0 Å². The Morgan fingerprint density at radius 3 is 2.27 bits per heavy atom. The van der Waals surface area contributed by atoms with Gasteiger partial charge in [0.2, 0.25) is 0 Å². The maximum absolute atomic E-state index is 12.0. The number of hydrogen-bond acceptors (Lipinski definition) is 3. The van der Waals surface area contributed by atoms with Crippen LogP contribution in [0.2, 0.25) is 10.0 Å². The van der Waals surface area contributed by atoms with Crippen molar-refractivity contribution in [2.24, 2.45) is 0 Å². The van der Waals surface area contributed by atoms with E-state index < -0.39 is 11.8 Å². The standard InChI is InChI=1S/C19H20Cl2N2O3/c1-19(2,3)12-4-7-14(8-5-12)26-11-17(24)22-23-18(25)15-10-13(20)6-9-16(15)21/h4-10H,11H2,1-3H3,(H,22,24)(H,23,25). The second kappa shape index (κ2) is 8.43. The van der Waals surface area contributed by atoms with Gasteiger partial charge < -0.3 is 4.74 Å². The zero-order valence-electron chi connectivity index (χ0n) is 14.7. The molecule has 26 heavy (non-hydrogen) atoms. The number of halogens is 2. The molecular weight excluding hydrogens is 375 g/mol. The molecular formula is C19H20Cl2N2O3. The number of benzene rings is 2. The Morgan fingerprint density at radius 1 is 1.00 bits per heavy atom. The van der Waals surface area contributed by atoms with Crippen LogP contribution in [0.25, 0.3) is 0 Å². The fourth-order valence-electron chi connectivity index (χ4n) is 2.10. The molecule has 7 heteroatoms. The number of nitrogens with one attached hydrogen (secondary N) is 2. The highest BCUT2D eigenvalue weighted by atomic mass is 35.5. The topological polar surface area (TPSA) is 67.4 Å². The first-order valence-electron chi connectivity index (χ1n) is 7.94. The third kappa shape index (κ3) is 5.64. The van der Waals surface area contributed by atoms with Crippen LogP contribution in [0, 0.1) is 0 Å². The van der Waals surface area contributed by atoms with E-state index in [0.717, 1.165) is 0 Å². The molecule has 138 valence electrons. The Kier molecular flexibility index (Phi) is 6.51. The number of rotatable bonds is 4. The Morgan fingerprint density at radius 2 is 1.65 bits per heavy atom. The van der Waals surface area contributed by atoms with Crippen LogP contribution in [0.4, 0.5) is 0 Å². The molecule has 0 aliphatic heterocycles. The smallest absolute Gasteiger partial charge is 0.276 e. The minimum absolute atomic E-state index is 0.0434. The molecule has 0 aromatic heterocycles. The predicted octanol–water partition coefficient (Wildman–Crippen LogP) is 4.13. The number of carbonyl (C=O) groups excluding carboxylic acids is 2. The average Bonchev–Trinajstić information content (AvgIpc) is 2.59. The molecule has 5 nitrogen and oxygen atoms in total. The van der Waals surface area contributed by atoms with Gasteiger partial charge in [-0.05, 0) is 41.3 Å². The van der Waals surface area contributed by atoms with Gasteiger partial charge in [0.15, 0.2) is 6.61 Å². The molecule has 2 amide bonds. The average molecular weight is 395 g/mol. The summed E-state index contributed by atoms with van der Waals surface area (Å²) in [5, 5.41) is 0.601. The fraction of sp³-hybridized carbons (Fsp3) is 0.263. The highest BCUT2D eigenvalue weighted by Crippen LogP contribution is 2.24. The number of carbonyl (C=O) groups is 2. The highest BCUT2D eigenvalue weighted by molar-refractivity contribution is 6.35. The molecule has 0 unspecified atom stereocenters. The summed E-state index contributed by atoms with van der Waals surface area (Å²) in [6, 6.07) is 12.0. The van der Waals surface area contributed by atoms with Crippen LogP contribution in [0.1, 0.15) is 36.7 Å². The summed E-state index contributed by atoms with van der Waals surface area (Å²) in [6.45, 7) is 6.11. The Hall–Kier alpha value is -2.24. The monoisotopic (exact) mass is 394 g/mol. The van der Waals surface area contributed by atoms with Crippen molar-refractivity contribution < 1.29 is 14.3 Å². The Labute approximate surface area is 162 Å². The molecule has 0 radical (unpaired) electrons. The molecule has 0 aliphatic rings. The van der Waals surface area contributed by atoms with Gasteiger partial charge in [0.25, 0.3) is 11.8 Å². The molecule has 2 rings (SSSR count). The van der Waals surface area contributed by atoms with E-state index in [1.807, 2.05) is 12.1 Å². The highest BCUT2D eigenvalue weighted by Gasteiger charge is 2.14. The molecule has 0 bridgehead atoms. The minimum atomic E-state index is -0.569. The molecule has 0 saturated heterocycles. The fourth-order valence-corrected chi connectivity index (χ4v) is 2.48. The van der Waals surface area contributed by atoms with E-state index in [2.05, 4.69) is 31.6 Å². The van der Waals surface area contributed by atoms with Gasteiger partial charge in [0, 0.05) is 5.02 Å². The summed E-state index contributed by atoms with van der Waals surface area (Å²) in [5.41, 5.74) is 5.91. The van der Waals surface area contributed by atoms with Crippen molar-refractivity contribution in [3.63, 3.8) is 0 Å². The summed E-state index contributed by atoms with van der Waals surface area (Å²) in [7, 11) is 0. The number of ether oxygens (including phenoxy) is 1. The second-order valence-electron chi connectivity index (χ2n) is 6.69. The summed E-state index contributed by atoms with van der Waals surface area (Å²) in [6.07, 6.45) is 0. The molecule has 0 aliphatic carbocycles. The Bertz CT molecular complexity index is 799. The predicted molar refractivity (Wildman–Crippen MR) is 103 cm³/mol. The van der Waals surface area contributed by atoms with Gasteiger partial charge in [0.05, 0.1) is 10.6 Å². The summed E-state index contributed by atoms with van der Waals surface area (Å²) in [5.74, 6) is -0.505. The van der Waals surface area contributed by atoms with E-state index in [9.17, 15) is 9.59 Å². The molecule has 2 aromatic rings. The SMILES string of the molecule is CC(C)(C)c1ccc(OCC(=O)NNC(=O)c2cc(Cl)ccc2Cl)cc1. The summed E-state index contributed by atoms with van der Waals surface area (Å²) in [4.78, 5) is 23.8. The van der Waals surface area contributed by atoms with Crippen molar-refractivity contribution in [2.75, 3.05) is 6.61 Å². The lowest BCUT2D eigenvalue weighted by Crippen LogP contribution is -2.43. The van der Waals surface area contributed by atoms with Gasteiger partial charge in [-0.25, -0.2) is 0 Å². The van der Waals surface area contributed by atoms with Crippen molar-refractivity contribution in [2.45, 2.75) is 26.2 Å². The van der Waals surface area contributed by atoms with E-state index in [1.165, 1.54) is 17.7 Å². The van der Waals surface area contributed by atoms with Crippen LogP contribution >= 0.6 is 23.2 Å². The van der Waals surface area contributed by atoms with E-state index in [-0.39, 0.29) is 22.6 Å². The molecule has 2 aromatic carbocycles. The van der Waals surface area contributed by atoms with Gasteiger partial charge in [-0.15, -0.1) is 0 Å². The molecule has 2 N–H and O–H groups in total. The van der Waals surface area contributed by atoms with Gasteiger partial charge in [0.1, 0.15) is 5.75 Å². The zero-order chi connectivity index (χ0) is 19.3. The van der Waals surface area contributed by atoms with E-state index in [4.69, 9.17) is 27.9 Å². The summed E-state index contributed by atoms with van der Waals surface area (Å²) < 4.78 is 5.41. The van der Waals surface area contributed by atoms with Crippen LogP contribution < -0.4 is 15.6 Å². The first-order valence-corrected chi connectivity index (χ1v) is 8.70. The normalized spacial score (nSPS) is 11.0. The van der Waals surface area contributed by atoms with E-state index >= 15 is 0 Å². The number of hydrogen-bond donors (Lipinski definition) is 2. The first-order chi connectivity index (χ1) is 12.2. The van der Waals surface area contributed by atoms with Gasteiger partial charge in [-0.2, -0.15) is 0 Å². The van der Waals surface area contributed by atoms with Crippen LogP contribution in [0.5, 0.6) is 5.75 Å². The van der Waals surface area contributed by atoms with Crippen molar-refractivity contribution in [1.29, 1.82) is 0 Å². The number of hydrazine groups is 1.